The highest BCUT2D eigenvalue weighted by Crippen LogP contribution is 2.62. The molecule has 1 atom stereocenters. The highest BCUT2D eigenvalue weighted by molar-refractivity contribution is 5.06. The molecular weight excluding hydrogens is 552 g/mol. The summed E-state index contributed by atoms with van der Waals surface area (Å²) < 4.78 is 279. The average molecular weight is 553 g/mol. The Labute approximate surface area is 163 Å². The molecule has 1 unspecified atom stereocenters. The van der Waals surface area contributed by atoms with Crippen LogP contribution in [0, 0.1) is 5.92 Å². The van der Waals surface area contributed by atoms with Gasteiger partial charge < -0.3 is 0 Å². The molecule has 0 saturated heterocycles. The maximum atomic E-state index is 13.8. The summed E-state index contributed by atoms with van der Waals surface area (Å²) in [5.41, 5.74) is 0. The minimum Gasteiger partial charge on any atom is -0.198 e. The minimum absolute atomic E-state index is 5.20. The number of hydrogen-bond acceptors (Lipinski definition) is 1. The average Bonchev–Trinajstić information content (AvgIpc) is 2.39. The molecule has 0 N–H and O–H groups in total. The first-order valence-electron chi connectivity index (χ1n) is 6.69. The van der Waals surface area contributed by atoms with Crippen LogP contribution in [-0.2, 0) is 0 Å². The van der Waals surface area contributed by atoms with Crippen molar-refractivity contribution in [3.05, 3.63) is 0 Å². The second-order valence-electron chi connectivity index (χ2n) is 5.67. The van der Waals surface area contributed by atoms with Crippen LogP contribution in [0.5, 0.6) is 0 Å². The molecule has 0 aromatic heterocycles. The summed E-state index contributed by atoms with van der Waals surface area (Å²) in [4.78, 5) is -5.20. The van der Waals surface area contributed by atoms with Crippen LogP contribution >= 0.6 is 0 Å². The van der Waals surface area contributed by atoms with Gasteiger partial charge in [-0.25, -0.2) is 0 Å². The van der Waals surface area contributed by atoms with Crippen molar-refractivity contribution in [1.82, 2.24) is 4.90 Å². The van der Waals surface area contributed by atoms with Gasteiger partial charge in [0.15, 0.2) is 0 Å². The lowest BCUT2D eigenvalue weighted by Crippen LogP contribution is -2.75. The van der Waals surface area contributed by atoms with Gasteiger partial charge in [-0.3, -0.25) is 0 Å². The first-order chi connectivity index (χ1) is 13.7. The Kier molecular flexibility index (Phi) is 7.35. The zero-order valence-corrected chi connectivity index (χ0v) is 13.8. The van der Waals surface area contributed by atoms with Gasteiger partial charge in [0.1, 0.15) is 0 Å². The Balaban J connectivity index is 7.60. The van der Waals surface area contributed by atoms with Crippen molar-refractivity contribution in [3.63, 3.8) is 0 Å². The molecule has 0 amide bonds. The summed E-state index contributed by atoms with van der Waals surface area (Å²) in [5.74, 6) is -24.7. The number of alkyl halides is 22. The van der Waals surface area contributed by atoms with Gasteiger partial charge in [-0.1, -0.05) is 0 Å². The third-order valence-corrected chi connectivity index (χ3v) is 3.35. The van der Waals surface area contributed by atoms with E-state index in [2.05, 4.69) is 0 Å². The lowest BCUT2D eigenvalue weighted by atomic mass is 9.90. The quantitative estimate of drug-likeness (QED) is 0.249. The smallest absolute Gasteiger partial charge is 0.198 e. The Morgan fingerprint density at radius 1 is 0.394 bits per heavy atom. The molecule has 0 saturated carbocycles. The molecule has 0 aliphatic rings. The van der Waals surface area contributed by atoms with Crippen LogP contribution in [0.3, 0.4) is 0 Å². The van der Waals surface area contributed by atoms with Crippen molar-refractivity contribution in [3.8, 4) is 0 Å². The van der Waals surface area contributed by atoms with Gasteiger partial charge in [-0.05, 0) is 0 Å². The van der Waals surface area contributed by atoms with E-state index >= 15 is 0 Å². The van der Waals surface area contributed by atoms with E-state index in [9.17, 15) is 96.6 Å². The normalized spacial score (nSPS) is 17.5. The third-order valence-electron chi connectivity index (χ3n) is 3.35. The fourth-order valence-corrected chi connectivity index (χ4v) is 1.92. The van der Waals surface area contributed by atoms with Crippen molar-refractivity contribution in [2.75, 3.05) is 0 Å². The molecule has 200 valence electrons. The summed E-state index contributed by atoms with van der Waals surface area (Å²) in [6.07, 6.45) is -32.7. The van der Waals surface area contributed by atoms with Crippen LogP contribution in [0.1, 0.15) is 0 Å². The Bertz CT molecular complexity index is 660. The van der Waals surface area contributed by atoms with E-state index in [4.69, 9.17) is 0 Å². The molecule has 23 heteroatoms. The number of rotatable bonds is 6. The molecule has 0 aromatic carbocycles. The Morgan fingerprint density at radius 2 is 0.667 bits per heavy atom. The van der Waals surface area contributed by atoms with Crippen molar-refractivity contribution >= 4 is 0 Å². The molecule has 0 radical (unpaired) electrons. The molecule has 1 nitrogen and oxygen atoms in total. The standard InChI is InChI=1S/C10HF22N/c11-2(12,5(18,19)6(20,21)22)1(3(13,14)15)4(16,17)33(9(29,30)7(23,24)25)10(31,32)8(26,27)28/h1H. The van der Waals surface area contributed by atoms with Crippen LogP contribution < -0.4 is 0 Å². The molecule has 0 spiro atoms. The van der Waals surface area contributed by atoms with Crippen molar-refractivity contribution in [2.45, 2.75) is 54.7 Å². The predicted molar refractivity (Wildman–Crippen MR) is 54.3 cm³/mol. The first kappa shape index (κ1) is 31.4. The maximum Gasteiger partial charge on any atom is 0.469 e. The van der Waals surface area contributed by atoms with Gasteiger partial charge in [0.05, 0.1) is 0 Å². The van der Waals surface area contributed by atoms with Crippen LogP contribution in [0.2, 0.25) is 0 Å². The molecule has 0 aromatic rings. The van der Waals surface area contributed by atoms with Gasteiger partial charge in [-0.15, -0.1) is 4.90 Å². The summed E-state index contributed by atoms with van der Waals surface area (Å²) in [5, 5.41) is 0. The van der Waals surface area contributed by atoms with E-state index in [0.29, 0.717) is 0 Å². The number of halogens is 22. The number of nitrogens with zero attached hydrogens (tertiary/aromatic N) is 1. The molecule has 0 bridgehead atoms. The summed E-state index contributed by atoms with van der Waals surface area (Å²) in [6, 6.07) is -26.0. The van der Waals surface area contributed by atoms with E-state index in [-0.39, 0.29) is 0 Å². The monoisotopic (exact) mass is 553 g/mol. The van der Waals surface area contributed by atoms with Crippen molar-refractivity contribution in [1.29, 1.82) is 0 Å². The lowest BCUT2D eigenvalue weighted by molar-refractivity contribution is -0.505. The fraction of sp³-hybridized carbons (Fsp3) is 1.00. The molecule has 0 rings (SSSR count). The van der Waals surface area contributed by atoms with Gasteiger partial charge >= 0.3 is 54.7 Å². The largest absolute Gasteiger partial charge is 0.469 e. The SMILES string of the molecule is FC(F)(F)C(C(F)(F)N(C(F)(F)C(F)(F)F)C(F)(F)C(F)(F)F)C(F)(F)C(F)(F)C(F)(F)F. The minimum atomic E-state index is -8.85. The second kappa shape index (κ2) is 7.71. The summed E-state index contributed by atoms with van der Waals surface area (Å²) in [7, 11) is 0. The molecular formula is C10HF22N. The first-order valence-corrected chi connectivity index (χ1v) is 6.69. The summed E-state index contributed by atoms with van der Waals surface area (Å²) >= 11 is 0. The molecule has 0 fully saturated rings. The van der Waals surface area contributed by atoms with E-state index in [1.54, 1.807) is 0 Å². The summed E-state index contributed by atoms with van der Waals surface area (Å²) in [6.45, 7) is 0. The van der Waals surface area contributed by atoms with Gasteiger partial charge in [0.2, 0.25) is 5.92 Å². The highest BCUT2D eigenvalue weighted by Gasteiger charge is 2.89. The lowest BCUT2D eigenvalue weighted by Gasteiger charge is -2.46. The van der Waals surface area contributed by atoms with Gasteiger partial charge in [-0.2, -0.15) is 96.6 Å². The second-order valence-corrected chi connectivity index (χ2v) is 5.67. The van der Waals surface area contributed by atoms with E-state index < -0.39 is 65.5 Å². The zero-order chi connectivity index (χ0) is 27.7. The molecule has 33 heavy (non-hydrogen) atoms. The van der Waals surface area contributed by atoms with Crippen LogP contribution in [0.25, 0.3) is 0 Å². The zero-order valence-electron chi connectivity index (χ0n) is 13.8. The molecule has 0 aliphatic heterocycles. The molecule has 0 aliphatic carbocycles. The van der Waals surface area contributed by atoms with Gasteiger partial charge in [0, 0.05) is 0 Å². The third kappa shape index (κ3) is 4.95. The van der Waals surface area contributed by atoms with E-state index in [1.165, 1.54) is 0 Å². The van der Waals surface area contributed by atoms with Crippen LogP contribution in [0.15, 0.2) is 0 Å². The Morgan fingerprint density at radius 3 is 0.848 bits per heavy atom. The van der Waals surface area contributed by atoms with Crippen molar-refractivity contribution < 1.29 is 96.6 Å². The molecule has 0 heterocycles. The van der Waals surface area contributed by atoms with Crippen molar-refractivity contribution in [2.24, 2.45) is 5.92 Å². The van der Waals surface area contributed by atoms with E-state index in [1.807, 2.05) is 0 Å². The highest BCUT2D eigenvalue weighted by atomic mass is 19.4. The van der Waals surface area contributed by atoms with Crippen LogP contribution in [-0.4, -0.2) is 59.6 Å². The van der Waals surface area contributed by atoms with Gasteiger partial charge in [0.25, 0.3) is 0 Å². The maximum absolute atomic E-state index is 13.8. The fourth-order valence-electron chi connectivity index (χ4n) is 1.92. The predicted octanol–water partition coefficient (Wildman–Crippen LogP) is 7.20. The van der Waals surface area contributed by atoms with E-state index in [0.717, 1.165) is 0 Å². The number of hydrogen-bond donors (Lipinski definition) is 0. The van der Waals surface area contributed by atoms with Crippen LogP contribution in [0.4, 0.5) is 96.6 Å². The Hall–Kier alpha value is -1.58. The topological polar surface area (TPSA) is 3.24 Å².